The highest BCUT2D eigenvalue weighted by atomic mass is 19.4. The fraction of sp³-hybridized carbons (Fsp3) is 0.600. The van der Waals surface area contributed by atoms with Crippen LogP contribution in [0.1, 0.15) is 142 Å². The van der Waals surface area contributed by atoms with E-state index in [-0.39, 0.29) is 12.0 Å². The number of carbonyl (C=O) groups excluding carboxylic acids is 1. The van der Waals surface area contributed by atoms with E-state index in [9.17, 15) is 22.4 Å². The highest BCUT2D eigenvalue weighted by molar-refractivity contribution is 5.68. The number of fused-ring (bicyclic) bond motifs is 2. The van der Waals surface area contributed by atoms with Crippen molar-refractivity contribution in [2.75, 3.05) is 86.4 Å². The number of ether oxygens (including phenoxy) is 4. The second-order valence-electron chi connectivity index (χ2n) is 23.5. The molecule has 0 aromatic heterocycles. The Labute approximate surface area is 471 Å². The molecule has 2 unspecified atom stereocenters. The normalized spacial score (nSPS) is 23.6. The molecule has 7 aliphatic rings. The molecule has 434 valence electrons. The predicted octanol–water partition coefficient (Wildman–Crippen LogP) is 13.9. The van der Waals surface area contributed by atoms with Gasteiger partial charge in [-0.15, -0.1) is 0 Å². The number of hydrogen-bond donors (Lipinski definition) is 0. The van der Waals surface area contributed by atoms with Gasteiger partial charge >= 0.3 is 12.3 Å². The van der Waals surface area contributed by atoms with Crippen LogP contribution in [0.25, 0.3) is 11.1 Å². The summed E-state index contributed by atoms with van der Waals surface area (Å²) in [5, 5.41) is 8.87. The van der Waals surface area contributed by atoms with Crippen LogP contribution in [-0.2, 0) is 27.7 Å². The van der Waals surface area contributed by atoms with Crippen molar-refractivity contribution in [3.05, 3.63) is 118 Å². The average molecular weight is 1110 g/mol. The second kappa shape index (κ2) is 27.2. The molecule has 7 fully saturated rings. The van der Waals surface area contributed by atoms with Gasteiger partial charge in [0.15, 0.2) is 0 Å². The summed E-state index contributed by atoms with van der Waals surface area (Å²) in [5.41, 5.74) is 4.95. The van der Waals surface area contributed by atoms with Gasteiger partial charge in [0.2, 0.25) is 0 Å². The largest absolute Gasteiger partial charge is 0.496 e. The molecule has 2 bridgehead atoms. The zero-order valence-electron chi connectivity index (χ0n) is 47.6. The third-order valence-corrected chi connectivity index (χ3v) is 19.0. The van der Waals surface area contributed by atoms with Crippen molar-refractivity contribution in [3.8, 4) is 28.7 Å². The van der Waals surface area contributed by atoms with E-state index in [4.69, 9.17) is 24.2 Å². The average Bonchev–Trinajstić information content (AvgIpc) is 4.16. The van der Waals surface area contributed by atoms with E-state index in [2.05, 4.69) is 63.2 Å². The van der Waals surface area contributed by atoms with Crippen LogP contribution in [-0.4, -0.2) is 130 Å². The summed E-state index contributed by atoms with van der Waals surface area (Å²) >= 11 is 0. The van der Waals surface area contributed by atoms with Crippen molar-refractivity contribution >= 4 is 6.09 Å². The monoisotopic (exact) mass is 1110 g/mol. The third-order valence-electron chi connectivity index (χ3n) is 19.0. The van der Waals surface area contributed by atoms with Crippen LogP contribution < -0.4 is 9.47 Å². The molecule has 5 saturated heterocycles. The minimum Gasteiger partial charge on any atom is -0.496 e. The van der Waals surface area contributed by atoms with Gasteiger partial charge in [-0.1, -0.05) is 42.8 Å². The molecule has 2 saturated carbocycles. The lowest BCUT2D eigenvalue weighted by Gasteiger charge is -2.43. The molecule has 3 atom stereocenters. The minimum absolute atomic E-state index is 0.254. The van der Waals surface area contributed by atoms with Crippen molar-refractivity contribution < 1.29 is 45.7 Å². The number of benzene rings is 4. The number of nitriles is 1. The van der Waals surface area contributed by atoms with Gasteiger partial charge in [-0.3, -0.25) is 4.90 Å². The predicted molar refractivity (Wildman–Crippen MR) is 302 cm³/mol. The number of methoxy groups -OCH3 is 2. The van der Waals surface area contributed by atoms with Crippen LogP contribution in [0.4, 0.5) is 26.7 Å². The summed E-state index contributed by atoms with van der Waals surface area (Å²) in [6, 6.07) is 27.2. The second-order valence-corrected chi connectivity index (χ2v) is 23.5. The quantitative estimate of drug-likeness (QED) is 0.136. The van der Waals surface area contributed by atoms with Crippen molar-refractivity contribution in [1.82, 2.24) is 19.6 Å². The van der Waals surface area contributed by atoms with Gasteiger partial charge in [0, 0.05) is 63.1 Å². The molecule has 11 rings (SSSR count). The fourth-order valence-electron chi connectivity index (χ4n) is 14.4. The molecule has 5 heterocycles. The lowest BCUT2D eigenvalue weighted by molar-refractivity contribution is -0.137. The summed E-state index contributed by atoms with van der Waals surface area (Å²) < 4.78 is 89.8. The molecule has 2 aliphatic carbocycles. The van der Waals surface area contributed by atoms with Gasteiger partial charge in [-0.05, 0) is 223 Å². The molecule has 0 spiro atoms. The number of carbonyl (C=O) groups is 1. The maximum absolute atomic E-state index is 15.6. The van der Waals surface area contributed by atoms with Gasteiger partial charge in [-0.2, -0.15) is 18.4 Å². The van der Waals surface area contributed by atoms with E-state index in [1.54, 1.807) is 25.0 Å². The van der Waals surface area contributed by atoms with Crippen LogP contribution in [0.2, 0.25) is 0 Å². The first-order valence-electron chi connectivity index (χ1n) is 29.7. The van der Waals surface area contributed by atoms with Crippen LogP contribution in [0.15, 0.2) is 78.9 Å². The first kappa shape index (κ1) is 59.4. The standard InChI is InChI=1S/C25H30N2O2.C20H26F3N.C20H28F2N2O3/c1-28-25-7-6-22(20-4-2-19(3-5-20)8-13-26)18-24(25)21-9-14-27(15-10-21)23-11-16-29-17-12-23;1-13-2-5-17(20(21,22)23)12-18(13)15-6-8-24(9-7-15)19-11-14-3-4-16(19)10-14;1-3-27-19(25)24-10-6-16(7-11-24)23-12-8-20(22,9-13-23)17-14-15(21)4-5-18(17)26-2/h2-7,18,21,23H,8-12,14-17H2,1H3;2,5,12,14-16,19H,3-4,6-11H2,1H3;4-5,14,16H,3,6-13H2,1-2H3/t;14-,16?,19?;/m.0./s1. The van der Waals surface area contributed by atoms with Gasteiger partial charge < -0.3 is 33.6 Å². The molecule has 0 radical (unpaired) electrons. The molecule has 80 heavy (non-hydrogen) atoms. The van der Waals surface area contributed by atoms with Crippen molar-refractivity contribution in [2.24, 2.45) is 11.8 Å². The number of amides is 1. The molecular weight excluding hydrogens is 1030 g/mol. The lowest BCUT2D eigenvalue weighted by atomic mass is 9.84. The zero-order chi connectivity index (χ0) is 56.4. The Kier molecular flexibility index (Phi) is 20.2. The van der Waals surface area contributed by atoms with Gasteiger partial charge in [-0.25, -0.2) is 13.6 Å². The maximum Gasteiger partial charge on any atom is 0.416 e. The molecule has 4 aromatic rings. The minimum atomic E-state index is -4.24. The molecule has 10 nitrogen and oxygen atoms in total. The number of rotatable bonds is 11. The molecular formula is C65H84F5N5O5. The smallest absolute Gasteiger partial charge is 0.416 e. The molecule has 15 heteroatoms. The Morgan fingerprint density at radius 2 is 1.30 bits per heavy atom. The first-order valence-corrected chi connectivity index (χ1v) is 29.7. The highest BCUT2D eigenvalue weighted by Crippen LogP contribution is 2.48. The third kappa shape index (κ3) is 14.5. The van der Waals surface area contributed by atoms with E-state index >= 15 is 4.39 Å². The van der Waals surface area contributed by atoms with Gasteiger partial charge in [0.05, 0.1) is 38.9 Å². The van der Waals surface area contributed by atoms with Crippen LogP contribution in [0.5, 0.6) is 11.5 Å². The maximum atomic E-state index is 15.6. The number of hydrogen-bond acceptors (Lipinski definition) is 9. The fourth-order valence-corrected chi connectivity index (χ4v) is 14.4. The Bertz CT molecular complexity index is 2680. The summed E-state index contributed by atoms with van der Waals surface area (Å²) in [6.07, 6.45) is 10.6. The van der Waals surface area contributed by atoms with E-state index in [0.29, 0.717) is 81.4 Å². The Morgan fingerprint density at radius 1 is 0.688 bits per heavy atom. The summed E-state index contributed by atoms with van der Waals surface area (Å²) in [6.45, 7) is 12.9. The number of aryl methyl sites for hydroxylation is 1. The lowest BCUT2D eigenvalue weighted by Crippen LogP contribution is -2.50. The highest BCUT2D eigenvalue weighted by Gasteiger charge is 2.44. The molecule has 1 amide bonds. The summed E-state index contributed by atoms with van der Waals surface area (Å²) in [4.78, 5) is 21.2. The van der Waals surface area contributed by atoms with Gasteiger partial charge in [0.25, 0.3) is 0 Å². The summed E-state index contributed by atoms with van der Waals surface area (Å²) in [5.74, 6) is 3.61. The van der Waals surface area contributed by atoms with Crippen LogP contribution >= 0.6 is 0 Å². The first-order chi connectivity index (χ1) is 38.7. The van der Waals surface area contributed by atoms with Crippen molar-refractivity contribution in [3.63, 3.8) is 0 Å². The van der Waals surface area contributed by atoms with E-state index in [0.717, 1.165) is 105 Å². The van der Waals surface area contributed by atoms with E-state index in [1.807, 2.05) is 6.92 Å². The summed E-state index contributed by atoms with van der Waals surface area (Å²) in [7, 11) is 3.25. The Hall–Kier alpha value is -5.27. The number of piperidine rings is 4. The number of likely N-dealkylation sites (tertiary alicyclic amines) is 4. The number of halogens is 5. The Morgan fingerprint density at radius 3 is 1.90 bits per heavy atom. The van der Waals surface area contributed by atoms with Crippen LogP contribution in [0, 0.1) is 35.9 Å². The van der Waals surface area contributed by atoms with Crippen LogP contribution in [0.3, 0.4) is 0 Å². The molecule has 5 aliphatic heterocycles. The SMILES string of the molecule is CCOC(=O)N1CCC(N2CCC(F)(c3cc(F)ccc3OC)CC2)CC1.COc1ccc(-c2ccc(CC#N)cc2)cc1C1CCN(C2CCOCC2)CC1.Cc1ccc(C(F)(F)F)cc1C1CCN(C2C[C@H]3CCC2C3)CC1. The van der Waals surface area contributed by atoms with E-state index < -0.39 is 23.2 Å². The van der Waals surface area contributed by atoms with Crippen molar-refractivity contribution in [1.29, 1.82) is 5.26 Å². The zero-order valence-corrected chi connectivity index (χ0v) is 47.6. The molecule has 4 aromatic carbocycles. The topological polar surface area (TPSA) is 90.7 Å². The number of nitrogens with zero attached hydrogens (tertiary/aromatic N) is 5. The van der Waals surface area contributed by atoms with Crippen molar-refractivity contribution in [2.45, 2.75) is 152 Å². The van der Waals surface area contributed by atoms with E-state index in [1.165, 1.54) is 105 Å². The Balaban J connectivity index is 0.000000146. The molecule has 0 N–H and O–H groups in total. The number of alkyl halides is 4. The van der Waals surface area contributed by atoms with Gasteiger partial charge in [0.1, 0.15) is 23.0 Å².